The molecule has 0 bridgehead atoms. The third-order valence-electron chi connectivity index (χ3n) is 2.10. The first-order chi connectivity index (χ1) is 6.33. The van der Waals surface area contributed by atoms with E-state index in [0.29, 0.717) is 6.54 Å². The number of alkyl halides is 1. The predicted molar refractivity (Wildman–Crippen MR) is 52.8 cm³/mol. The highest BCUT2D eigenvalue weighted by Gasteiger charge is 2.26. The second-order valence-electron chi connectivity index (χ2n) is 2.91. The van der Waals surface area contributed by atoms with E-state index in [1.54, 1.807) is 17.2 Å². The number of carbonyl (C=O) groups excluding carboxylic acids is 1. The molecular formula is C9H9BrN2O. The Labute approximate surface area is 84.9 Å². The molecule has 0 atom stereocenters. The lowest BCUT2D eigenvalue weighted by Gasteiger charge is -2.12. The number of pyridine rings is 1. The van der Waals surface area contributed by atoms with E-state index < -0.39 is 0 Å². The lowest BCUT2D eigenvalue weighted by atomic mass is 10.2. The number of hydrogen-bond acceptors (Lipinski definition) is 2. The quantitative estimate of drug-likeness (QED) is 0.734. The number of amides is 1. The molecule has 13 heavy (non-hydrogen) atoms. The summed E-state index contributed by atoms with van der Waals surface area (Å²) in [6.07, 6.45) is 1.73. The third kappa shape index (κ3) is 1.46. The summed E-state index contributed by atoms with van der Waals surface area (Å²) in [5.74, 6) is 0.0996. The summed E-state index contributed by atoms with van der Waals surface area (Å²) in [5, 5.41) is 0.812. The fourth-order valence-electron chi connectivity index (χ4n) is 1.46. The van der Waals surface area contributed by atoms with Crippen LogP contribution in [-0.2, 0) is 6.54 Å². The molecule has 1 amide bonds. The van der Waals surface area contributed by atoms with Crippen molar-refractivity contribution in [1.29, 1.82) is 0 Å². The van der Waals surface area contributed by atoms with Crippen LogP contribution in [0.1, 0.15) is 16.1 Å². The molecule has 0 saturated carbocycles. The molecule has 0 N–H and O–H groups in total. The molecule has 0 aromatic carbocycles. The maximum atomic E-state index is 11.7. The highest BCUT2D eigenvalue weighted by Crippen LogP contribution is 2.19. The Kier molecular flexibility index (Phi) is 2.31. The SMILES string of the molecule is O=C1c2cccnc2CN1CCBr. The first-order valence-electron chi connectivity index (χ1n) is 4.12. The van der Waals surface area contributed by atoms with E-state index in [0.717, 1.165) is 23.1 Å². The molecule has 0 unspecified atom stereocenters. The minimum Gasteiger partial charge on any atom is -0.332 e. The van der Waals surface area contributed by atoms with Crippen molar-refractivity contribution in [3.63, 3.8) is 0 Å². The molecule has 2 rings (SSSR count). The molecule has 0 saturated heterocycles. The normalized spacial score (nSPS) is 14.8. The Morgan fingerprint density at radius 3 is 3.15 bits per heavy atom. The van der Waals surface area contributed by atoms with Crippen molar-refractivity contribution >= 4 is 21.8 Å². The van der Waals surface area contributed by atoms with Gasteiger partial charge in [-0.15, -0.1) is 0 Å². The van der Waals surface area contributed by atoms with Gasteiger partial charge in [0, 0.05) is 18.1 Å². The number of fused-ring (bicyclic) bond motifs is 1. The molecule has 0 radical (unpaired) electrons. The van der Waals surface area contributed by atoms with E-state index in [1.165, 1.54) is 0 Å². The summed E-state index contributed by atoms with van der Waals surface area (Å²) >= 11 is 3.32. The first-order valence-corrected chi connectivity index (χ1v) is 5.24. The number of rotatable bonds is 2. The monoisotopic (exact) mass is 240 g/mol. The number of nitrogens with zero attached hydrogens (tertiary/aromatic N) is 2. The molecule has 0 aliphatic carbocycles. The van der Waals surface area contributed by atoms with Gasteiger partial charge in [-0.2, -0.15) is 0 Å². The van der Waals surface area contributed by atoms with Crippen LogP contribution in [-0.4, -0.2) is 27.7 Å². The van der Waals surface area contributed by atoms with Gasteiger partial charge < -0.3 is 4.90 Å². The number of hydrogen-bond donors (Lipinski definition) is 0. The van der Waals surface area contributed by atoms with Crippen molar-refractivity contribution < 1.29 is 4.79 Å². The van der Waals surface area contributed by atoms with Crippen LogP contribution in [0.25, 0.3) is 0 Å². The molecule has 4 heteroatoms. The summed E-state index contributed by atoms with van der Waals surface area (Å²) in [5.41, 5.74) is 1.65. The van der Waals surface area contributed by atoms with Crippen LogP contribution in [0, 0.1) is 0 Å². The van der Waals surface area contributed by atoms with Crippen molar-refractivity contribution in [2.75, 3.05) is 11.9 Å². The van der Waals surface area contributed by atoms with Gasteiger partial charge in [-0.3, -0.25) is 9.78 Å². The van der Waals surface area contributed by atoms with Gasteiger partial charge in [0.25, 0.3) is 5.91 Å². The summed E-state index contributed by atoms with van der Waals surface area (Å²) in [7, 11) is 0. The minimum absolute atomic E-state index is 0.0996. The van der Waals surface area contributed by atoms with Crippen LogP contribution >= 0.6 is 15.9 Å². The smallest absolute Gasteiger partial charge is 0.256 e. The third-order valence-corrected chi connectivity index (χ3v) is 2.46. The Morgan fingerprint density at radius 1 is 1.62 bits per heavy atom. The van der Waals surface area contributed by atoms with Crippen LogP contribution in [0.15, 0.2) is 18.3 Å². The average Bonchev–Trinajstić information content (AvgIpc) is 2.46. The summed E-state index contributed by atoms with van der Waals surface area (Å²) in [6.45, 7) is 1.40. The summed E-state index contributed by atoms with van der Waals surface area (Å²) < 4.78 is 0. The van der Waals surface area contributed by atoms with Gasteiger partial charge in [0.1, 0.15) is 0 Å². The molecule has 0 fully saturated rings. The molecule has 1 aliphatic rings. The Balaban J connectivity index is 2.28. The van der Waals surface area contributed by atoms with E-state index >= 15 is 0 Å². The molecule has 68 valence electrons. The first kappa shape index (κ1) is 8.69. The Hall–Kier alpha value is -0.900. The Morgan fingerprint density at radius 2 is 2.46 bits per heavy atom. The van der Waals surface area contributed by atoms with Crippen LogP contribution in [0.2, 0.25) is 0 Å². The highest BCUT2D eigenvalue weighted by atomic mass is 79.9. The maximum Gasteiger partial charge on any atom is 0.256 e. The van der Waals surface area contributed by atoms with Crippen molar-refractivity contribution in [2.24, 2.45) is 0 Å². The fraction of sp³-hybridized carbons (Fsp3) is 0.333. The van der Waals surface area contributed by atoms with E-state index in [2.05, 4.69) is 20.9 Å². The van der Waals surface area contributed by atoms with E-state index in [9.17, 15) is 4.79 Å². The van der Waals surface area contributed by atoms with Gasteiger partial charge in [-0.25, -0.2) is 0 Å². The van der Waals surface area contributed by atoms with Crippen LogP contribution in [0.4, 0.5) is 0 Å². The molecule has 1 aromatic heterocycles. The van der Waals surface area contributed by atoms with Gasteiger partial charge in [0.2, 0.25) is 0 Å². The zero-order chi connectivity index (χ0) is 9.26. The lowest BCUT2D eigenvalue weighted by Crippen LogP contribution is -2.25. The average molecular weight is 241 g/mol. The van der Waals surface area contributed by atoms with Gasteiger partial charge in [0.15, 0.2) is 0 Å². The van der Waals surface area contributed by atoms with E-state index in [-0.39, 0.29) is 5.91 Å². The highest BCUT2D eigenvalue weighted by molar-refractivity contribution is 9.09. The van der Waals surface area contributed by atoms with Crippen molar-refractivity contribution in [1.82, 2.24) is 9.88 Å². The van der Waals surface area contributed by atoms with E-state index in [1.807, 2.05) is 6.07 Å². The molecule has 1 aromatic rings. The van der Waals surface area contributed by atoms with Crippen LogP contribution in [0.5, 0.6) is 0 Å². The van der Waals surface area contributed by atoms with Crippen molar-refractivity contribution in [3.8, 4) is 0 Å². The van der Waals surface area contributed by atoms with Crippen LogP contribution < -0.4 is 0 Å². The zero-order valence-corrected chi connectivity index (χ0v) is 8.62. The van der Waals surface area contributed by atoms with Gasteiger partial charge in [-0.05, 0) is 12.1 Å². The maximum absolute atomic E-state index is 11.7. The van der Waals surface area contributed by atoms with Crippen molar-refractivity contribution in [3.05, 3.63) is 29.6 Å². The number of carbonyl (C=O) groups is 1. The second-order valence-corrected chi connectivity index (χ2v) is 3.71. The van der Waals surface area contributed by atoms with Gasteiger partial charge in [-0.1, -0.05) is 15.9 Å². The number of halogens is 1. The molecule has 1 aliphatic heterocycles. The summed E-state index contributed by atoms with van der Waals surface area (Å²) in [4.78, 5) is 17.6. The lowest BCUT2D eigenvalue weighted by molar-refractivity contribution is 0.0788. The van der Waals surface area contributed by atoms with Crippen molar-refractivity contribution in [2.45, 2.75) is 6.54 Å². The second kappa shape index (κ2) is 3.46. The molecule has 2 heterocycles. The molecular weight excluding hydrogens is 232 g/mol. The fourth-order valence-corrected chi connectivity index (χ4v) is 1.89. The van der Waals surface area contributed by atoms with E-state index in [4.69, 9.17) is 0 Å². The Bertz CT molecular complexity index is 340. The minimum atomic E-state index is 0.0996. The molecule has 3 nitrogen and oxygen atoms in total. The predicted octanol–water partition coefficient (Wildman–Crippen LogP) is 1.43. The van der Waals surface area contributed by atoms with Gasteiger partial charge >= 0.3 is 0 Å². The largest absolute Gasteiger partial charge is 0.332 e. The topological polar surface area (TPSA) is 33.2 Å². The number of aromatic nitrogens is 1. The van der Waals surface area contributed by atoms with Crippen LogP contribution in [0.3, 0.4) is 0 Å². The summed E-state index contributed by atoms with van der Waals surface area (Å²) in [6, 6.07) is 3.63. The van der Waals surface area contributed by atoms with Gasteiger partial charge in [0.05, 0.1) is 17.8 Å². The standard InChI is InChI=1S/C9H9BrN2O/c10-3-5-12-6-8-7(9(12)13)2-1-4-11-8/h1-2,4H,3,5-6H2. The zero-order valence-electron chi connectivity index (χ0n) is 7.03. The molecule has 0 spiro atoms.